The third-order valence-electron chi connectivity index (χ3n) is 4.13. The number of benzene rings is 1. The molecule has 0 amide bonds. The molecule has 1 aromatic rings. The van der Waals surface area contributed by atoms with Crippen LogP contribution in [0.25, 0.3) is 0 Å². The Morgan fingerprint density at radius 1 is 0.950 bits per heavy atom. The van der Waals surface area contributed by atoms with E-state index in [2.05, 4.69) is 13.8 Å². The quantitative estimate of drug-likeness (QED) is 0.749. The topological polar surface area (TPSA) is 43.7 Å². The van der Waals surface area contributed by atoms with Crippen LogP contribution in [0.15, 0.2) is 24.3 Å². The molecule has 2 unspecified atom stereocenters. The molecule has 0 radical (unpaired) electrons. The fourth-order valence-electron chi connectivity index (χ4n) is 2.92. The maximum atomic E-state index is 10.3. The van der Waals surface area contributed by atoms with Gasteiger partial charge < -0.3 is 10.2 Å². The third kappa shape index (κ3) is 3.60. The lowest BCUT2D eigenvalue weighted by Gasteiger charge is -2.24. The highest BCUT2D eigenvalue weighted by molar-refractivity contribution is 5.34. The molecule has 3 heteroatoms. The van der Waals surface area contributed by atoms with E-state index < -0.39 is 12.5 Å². The van der Waals surface area contributed by atoms with Crippen LogP contribution >= 0.6 is 0 Å². The summed E-state index contributed by atoms with van der Waals surface area (Å²) in [5, 5.41) is 20.5. The molecule has 0 fully saturated rings. The van der Waals surface area contributed by atoms with E-state index >= 15 is 0 Å². The number of aliphatic hydroxyl groups excluding tert-OH is 2. The second-order valence-corrected chi connectivity index (χ2v) is 6.21. The summed E-state index contributed by atoms with van der Waals surface area (Å²) >= 11 is 0. The zero-order valence-electron chi connectivity index (χ0n) is 12.6. The van der Waals surface area contributed by atoms with Gasteiger partial charge in [-0.15, -0.1) is 0 Å². The molecule has 0 saturated carbocycles. The summed E-state index contributed by atoms with van der Waals surface area (Å²) in [5.74, 6) is 0.784. The van der Waals surface area contributed by atoms with Gasteiger partial charge >= 0.3 is 0 Å². The molecule has 2 atom stereocenters. The highest BCUT2D eigenvalue weighted by Crippen LogP contribution is 2.38. The summed E-state index contributed by atoms with van der Waals surface area (Å²) in [4.78, 5) is 1.78. The smallest absolute Gasteiger partial charge is 0.136 e. The van der Waals surface area contributed by atoms with E-state index in [-0.39, 0.29) is 0 Å². The van der Waals surface area contributed by atoms with Gasteiger partial charge in [0.15, 0.2) is 0 Å². The van der Waals surface area contributed by atoms with Gasteiger partial charge in [-0.05, 0) is 12.3 Å². The predicted octanol–water partition coefficient (Wildman–Crippen LogP) is 3.59. The van der Waals surface area contributed by atoms with E-state index in [0.29, 0.717) is 0 Å². The molecule has 1 aromatic carbocycles. The molecule has 0 spiro atoms. The summed E-state index contributed by atoms with van der Waals surface area (Å²) < 4.78 is 0. The fourth-order valence-corrected chi connectivity index (χ4v) is 2.92. The number of unbranched alkanes of at least 4 members (excludes halogenated alkanes) is 3. The fraction of sp³-hybridized carbons (Fsp3) is 0.647. The highest BCUT2D eigenvalue weighted by Gasteiger charge is 2.35. The molecule has 0 aliphatic carbocycles. The minimum absolute atomic E-state index is 0.656. The second kappa shape index (κ2) is 7.21. The summed E-state index contributed by atoms with van der Waals surface area (Å²) in [7, 11) is 0. The van der Waals surface area contributed by atoms with Gasteiger partial charge in [-0.1, -0.05) is 63.8 Å². The number of rotatable bonds is 7. The molecule has 1 aliphatic rings. The second-order valence-electron chi connectivity index (χ2n) is 6.21. The van der Waals surface area contributed by atoms with E-state index in [1.54, 1.807) is 4.90 Å². The number of hydrogen-bond acceptors (Lipinski definition) is 3. The highest BCUT2D eigenvalue weighted by atomic mass is 16.3. The molecule has 1 heterocycles. The molecule has 0 saturated heterocycles. The van der Waals surface area contributed by atoms with Gasteiger partial charge in [0.25, 0.3) is 0 Å². The zero-order chi connectivity index (χ0) is 14.5. The predicted molar refractivity (Wildman–Crippen MR) is 81.0 cm³/mol. The Kier molecular flexibility index (Phi) is 5.58. The van der Waals surface area contributed by atoms with Crippen molar-refractivity contribution in [1.82, 2.24) is 4.90 Å². The van der Waals surface area contributed by atoms with Crippen LogP contribution in [-0.2, 0) is 0 Å². The van der Waals surface area contributed by atoms with Crippen molar-refractivity contribution in [2.75, 3.05) is 6.54 Å². The first-order valence-corrected chi connectivity index (χ1v) is 7.82. The van der Waals surface area contributed by atoms with Crippen LogP contribution in [0.1, 0.15) is 69.5 Å². The summed E-state index contributed by atoms with van der Waals surface area (Å²) in [5.41, 5.74) is 1.69. The maximum Gasteiger partial charge on any atom is 0.136 e. The van der Waals surface area contributed by atoms with Crippen LogP contribution in [-0.4, -0.2) is 21.7 Å². The number of fused-ring (bicyclic) bond motifs is 1. The van der Waals surface area contributed by atoms with Crippen molar-refractivity contribution in [3.8, 4) is 0 Å². The first kappa shape index (κ1) is 15.5. The van der Waals surface area contributed by atoms with E-state index in [0.717, 1.165) is 30.0 Å². The maximum absolute atomic E-state index is 10.3. The summed E-state index contributed by atoms with van der Waals surface area (Å²) in [6, 6.07) is 7.60. The Bertz CT molecular complexity index is 390. The van der Waals surface area contributed by atoms with Crippen LogP contribution < -0.4 is 0 Å². The van der Waals surface area contributed by atoms with Crippen LogP contribution in [0.3, 0.4) is 0 Å². The number of aliphatic hydroxyl groups is 2. The average Bonchev–Trinajstić information content (AvgIpc) is 2.67. The van der Waals surface area contributed by atoms with Gasteiger partial charge in [0, 0.05) is 17.7 Å². The average molecular weight is 277 g/mol. The Hall–Kier alpha value is -0.900. The summed E-state index contributed by atoms with van der Waals surface area (Å²) in [6.07, 6.45) is 4.70. The van der Waals surface area contributed by atoms with E-state index in [1.807, 2.05) is 24.3 Å². The van der Waals surface area contributed by atoms with Crippen molar-refractivity contribution in [3.05, 3.63) is 35.4 Å². The molecule has 112 valence electrons. The zero-order valence-corrected chi connectivity index (χ0v) is 12.6. The molecule has 0 aromatic heterocycles. The lowest BCUT2D eigenvalue weighted by molar-refractivity contribution is -0.0848. The Morgan fingerprint density at radius 2 is 1.50 bits per heavy atom. The van der Waals surface area contributed by atoms with Gasteiger partial charge in [0.1, 0.15) is 12.5 Å². The van der Waals surface area contributed by atoms with Gasteiger partial charge in [-0.25, -0.2) is 4.90 Å². The van der Waals surface area contributed by atoms with Crippen LogP contribution in [0, 0.1) is 5.92 Å². The molecule has 3 nitrogen and oxygen atoms in total. The third-order valence-corrected chi connectivity index (χ3v) is 4.13. The lowest BCUT2D eigenvalue weighted by Crippen LogP contribution is -2.27. The van der Waals surface area contributed by atoms with E-state index in [4.69, 9.17) is 0 Å². The van der Waals surface area contributed by atoms with E-state index in [1.165, 1.54) is 25.7 Å². The Labute approximate surface area is 122 Å². The van der Waals surface area contributed by atoms with Crippen molar-refractivity contribution >= 4 is 0 Å². The van der Waals surface area contributed by atoms with Gasteiger partial charge in [-0.3, -0.25) is 0 Å². The van der Waals surface area contributed by atoms with Crippen molar-refractivity contribution < 1.29 is 10.2 Å². The lowest BCUT2D eigenvalue weighted by atomic mass is 10.0. The van der Waals surface area contributed by atoms with Crippen molar-refractivity contribution in [2.24, 2.45) is 5.92 Å². The van der Waals surface area contributed by atoms with E-state index in [9.17, 15) is 10.2 Å². The van der Waals surface area contributed by atoms with Crippen LogP contribution in [0.4, 0.5) is 0 Å². The minimum Gasteiger partial charge on any atom is -0.374 e. The number of nitrogens with zero attached hydrogens (tertiary/aromatic N) is 1. The van der Waals surface area contributed by atoms with Crippen molar-refractivity contribution in [2.45, 2.75) is 58.4 Å². The Morgan fingerprint density at radius 3 is 2.05 bits per heavy atom. The molecular weight excluding hydrogens is 250 g/mol. The van der Waals surface area contributed by atoms with Crippen molar-refractivity contribution in [3.63, 3.8) is 0 Å². The molecule has 1 aliphatic heterocycles. The summed E-state index contributed by atoms with van der Waals surface area (Å²) in [6.45, 7) is 5.26. The molecule has 20 heavy (non-hydrogen) atoms. The number of hydrogen-bond donors (Lipinski definition) is 2. The monoisotopic (exact) mass is 277 g/mol. The van der Waals surface area contributed by atoms with Crippen LogP contribution in [0.2, 0.25) is 0 Å². The Balaban J connectivity index is 1.75. The molecule has 2 rings (SSSR count). The molecule has 0 bridgehead atoms. The van der Waals surface area contributed by atoms with Gasteiger partial charge in [0.05, 0.1) is 0 Å². The SMILES string of the molecule is CC(C)CCCCCCN1C(O)c2ccccc2C1O. The van der Waals surface area contributed by atoms with Gasteiger partial charge in [-0.2, -0.15) is 0 Å². The molecule has 2 N–H and O–H groups in total. The molecular formula is C17H27NO2. The van der Waals surface area contributed by atoms with Crippen molar-refractivity contribution in [1.29, 1.82) is 0 Å². The standard InChI is InChI=1S/C17H27NO2/c1-13(2)9-5-3-4-8-12-18-16(19)14-10-6-7-11-15(14)17(18)20/h6-7,10-11,13,16-17,19-20H,3-5,8-9,12H2,1-2H3. The normalized spacial score (nSPS) is 22.4. The minimum atomic E-state index is -0.656. The van der Waals surface area contributed by atoms with Gasteiger partial charge in [0.2, 0.25) is 0 Å². The first-order valence-electron chi connectivity index (χ1n) is 7.82. The first-order chi connectivity index (χ1) is 9.61. The van der Waals surface area contributed by atoms with Crippen LogP contribution in [0.5, 0.6) is 0 Å². The largest absolute Gasteiger partial charge is 0.374 e.